The lowest BCUT2D eigenvalue weighted by atomic mass is 10.3. The first-order valence-electron chi connectivity index (χ1n) is 6.95. The van der Waals surface area contributed by atoms with Gasteiger partial charge in [-0.2, -0.15) is 0 Å². The third-order valence-corrected chi connectivity index (χ3v) is 4.38. The van der Waals surface area contributed by atoms with Crippen LogP contribution >= 0.6 is 11.8 Å². The number of hydrogen-bond acceptors (Lipinski definition) is 5. The topological polar surface area (TPSA) is 53.2 Å². The van der Waals surface area contributed by atoms with E-state index in [1.54, 1.807) is 18.9 Å². The fourth-order valence-corrected chi connectivity index (χ4v) is 3.25. The second kappa shape index (κ2) is 6.47. The van der Waals surface area contributed by atoms with Gasteiger partial charge in [0.15, 0.2) is 5.16 Å². The summed E-state index contributed by atoms with van der Waals surface area (Å²) in [6.07, 6.45) is 0. The molecule has 1 fully saturated rings. The van der Waals surface area contributed by atoms with Crippen molar-refractivity contribution in [1.29, 1.82) is 0 Å². The molecule has 0 radical (unpaired) electrons. The smallest absolute Gasteiger partial charge is 0.166 e. The molecular weight excluding hydrogens is 272 g/mol. The van der Waals surface area contributed by atoms with Crippen molar-refractivity contribution in [2.45, 2.75) is 5.16 Å². The molecule has 0 amide bonds. The summed E-state index contributed by atoms with van der Waals surface area (Å²) in [4.78, 5) is 10.4. The number of hydrogen-bond donors (Lipinski definition) is 2. The van der Waals surface area contributed by atoms with E-state index in [1.165, 1.54) is 0 Å². The Balaban J connectivity index is 1.57. The fourth-order valence-electron chi connectivity index (χ4n) is 2.37. The largest absolute Gasteiger partial charge is 0.497 e. The molecule has 3 rings (SSSR count). The van der Waals surface area contributed by atoms with Gasteiger partial charge in [0.25, 0.3) is 0 Å². The van der Waals surface area contributed by atoms with Gasteiger partial charge < -0.3 is 15.0 Å². The van der Waals surface area contributed by atoms with E-state index in [-0.39, 0.29) is 0 Å². The van der Waals surface area contributed by atoms with E-state index in [2.05, 4.69) is 20.2 Å². The molecule has 0 bridgehead atoms. The first kappa shape index (κ1) is 13.7. The number of nitrogens with one attached hydrogen (secondary N) is 2. The third-order valence-electron chi connectivity index (χ3n) is 3.52. The molecule has 108 valence electrons. The van der Waals surface area contributed by atoms with Gasteiger partial charge >= 0.3 is 0 Å². The summed E-state index contributed by atoms with van der Waals surface area (Å²) in [5.74, 6) is 1.93. The summed E-state index contributed by atoms with van der Waals surface area (Å²) >= 11 is 1.78. The molecule has 20 heavy (non-hydrogen) atoms. The normalized spacial score (nSPS) is 16.6. The van der Waals surface area contributed by atoms with Gasteiger partial charge in [-0.25, -0.2) is 4.98 Å². The van der Waals surface area contributed by atoms with Gasteiger partial charge in [0.2, 0.25) is 0 Å². The van der Waals surface area contributed by atoms with E-state index in [4.69, 9.17) is 4.74 Å². The number of nitrogens with zero attached hydrogens (tertiary/aromatic N) is 2. The zero-order valence-electron chi connectivity index (χ0n) is 11.7. The second-order valence-corrected chi connectivity index (χ2v) is 5.95. The Bertz CT molecular complexity index is 565. The highest BCUT2D eigenvalue weighted by molar-refractivity contribution is 7.99. The standard InChI is InChI=1S/C14H20N4OS/c1-19-11-2-3-12-13(10-11)17-14(16-12)20-9-8-18-6-4-15-5-7-18/h2-3,10,15H,4-9H2,1H3,(H,16,17). The lowest BCUT2D eigenvalue weighted by Gasteiger charge is -2.26. The SMILES string of the molecule is COc1ccc2nc(SCCN3CCNCC3)[nH]c2c1. The van der Waals surface area contributed by atoms with Crippen LogP contribution in [0.4, 0.5) is 0 Å². The summed E-state index contributed by atoms with van der Waals surface area (Å²) in [5.41, 5.74) is 2.03. The van der Waals surface area contributed by atoms with Crippen LogP contribution < -0.4 is 10.1 Å². The lowest BCUT2D eigenvalue weighted by molar-refractivity contribution is 0.255. The van der Waals surface area contributed by atoms with E-state index in [0.29, 0.717) is 0 Å². The molecular formula is C14H20N4OS. The molecule has 6 heteroatoms. The summed E-state index contributed by atoms with van der Waals surface area (Å²) in [6.45, 7) is 5.63. The van der Waals surface area contributed by atoms with E-state index in [1.807, 2.05) is 18.2 Å². The van der Waals surface area contributed by atoms with Crippen molar-refractivity contribution in [3.8, 4) is 5.75 Å². The molecule has 1 aliphatic heterocycles. The molecule has 5 nitrogen and oxygen atoms in total. The Morgan fingerprint density at radius 1 is 1.35 bits per heavy atom. The molecule has 2 heterocycles. The number of ether oxygens (including phenoxy) is 1. The minimum Gasteiger partial charge on any atom is -0.497 e. The van der Waals surface area contributed by atoms with Gasteiger partial charge in [0, 0.05) is 44.5 Å². The Morgan fingerprint density at radius 2 is 2.20 bits per heavy atom. The summed E-state index contributed by atoms with van der Waals surface area (Å²) < 4.78 is 5.22. The van der Waals surface area contributed by atoms with Crippen molar-refractivity contribution in [1.82, 2.24) is 20.2 Å². The highest BCUT2D eigenvalue weighted by Gasteiger charge is 2.10. The maximum Gasteiger partial charge on any atom is 0.166 e. The van der Waals surface area contributed by atoms with Gasteiger partial charge in [-0.3, -0.25) is 4.90 Å². The zero-order chi connectivity index (χ0) is 13.8. The maximum atomic E-state index is 5.22. The predicted molar refractivity (Wildman–Crippen MR) is 82.7 cm³/mol. The van der Waals surface area contributed by atoms with Crippen LogP contribution in [0.15, 0.2) is 23.4 Å². The average Bonchev–Trinajstić information content (AvgIpc) is 2.90. The van der Waals surface area contributed by atoms with Crippen molar-refractivity contribution >= 4 is 22.8 Å². The number of imidazole rings is 1. The Morgan fingerprint density at radius 3 is 3.00 bits per heavy atom. The molecule has 0 atom stereocenters. The minimum absolute atomic E-state index is 0.860. The number of benzene rings is 1. The van der Waals surface area contributed by atoms with Crippen molar-refractivity contribution in [3.05, 3.63) is 18.2 Å². The zero-order valence-corrected chi connectivity index (χ0v) is 12.5. The Kier molecular flexibility index (Phi) is 4.44. The first-order valence-corrected chi connectivity index (χ1v) is 7.93. The number of aromatic amines is 1. The highest BCUT2D eigenvalue weighted by Crippen LogP contribution is 2.23. The first-order chi connectivity index (χ1) is 9.85. The van der Waals surface area contributed by atoms with Crippen molar-refractivity contribution in [3.63, 3.8) is 0 Å². The van der Waals surface area contributed by atoms with E-state index in [0.717, 1.165) is 60.4 Å². The molecule has 0 unspecified atom stereocenters. The number of methoxy groups -OCH3 is 1. The number of rotatable bonds is 5. The van der Waals surface area contributed by atoms with Crippen LogP contribution in [0.2, 0.25) is 0 Å². The quantitative estimate of drug-likeness (QED) is 0.819. The Hall–Kier alpha value is -1.24. The minimum atomic E-state index is 0.860. The number of piperazine rings is 1. The monoisotopic (exact) mass is 292 g/mol. The number of thioether (sulfide) groups is 1. The maximum absolute atomic E-state index is 5.22. The van der Waals surface area contributed by atoms with Gasteiger partial charge in [-0.05, 0) is 12.1 Å². The van der Waals surface area contributed by atoms with Gasteiger partial charge in [0.1, 0.15) is 5.75 Å². The second-order valence-electron chi connectivity index (χ2n) is 4.87. The Labute approximate surface area is 123 Å². The third kappa shape index (κ3) is 3.26. The van der Waals surface area contributed by atoms with Crippen LogP contribution in [0, 0.1) is 0 Å². The number of aromatic nitrogens is 2. The van der Waals surface area contributed by atoms with E-state index >= 15 is 0 Å². The van der Waals surface area contributed by atoms with Crippen LogP contribution in [-0.2, 0) is 0 Å². The lowest BCUT2D eigenvalue weighted by Crippen LogP contribution is -2.44. The molecule has 2 N–H and O–H groups in total. The summed E-state index contributed by atoms with van der Waals surface area (Å²) in [7, 11) is 1.68. The van der Waals surface area contributed by atoms with E-state index < -0.39 is 0 Å². The van der Waals surface area contributed by atoms with Crippen LogP contribution in [0.25, 0.3) is 11.0 Å². The van der Waals surface area contributed by atoms with Gasteiger partial charge in [0.05, 0.1) is 18.1 Å². The predicted octanol–water partition coefficient (Wildman–Crippen LogP) is 1.57. The van der Waals surface area contributed by atoms with Crippen molar-refractivity contribution in [2.75, 3.05) is 45.6 Å². The van der Waals surface area contributed by atoms with Crippen LogP contribution in [0.5, 0.6) is 5.75 Å². The van der Waals surface area contributed by atoms with Crippen molar-refractivity contribution in [2.24, 2.45) is 0 Å². The molecule has 1 aliphatic rings. The number of H-pyrrole nitrogens is 1. The van der Waals surface area contributed by atoms with Gasteiger partial charge in [-0.15, -0.1) is 0 Å². The van der Waals surface area contributed by atoms with Gasteiger partial charge in [-0.1, -0.05) is 11.8 Å². The molecule has 2 aromatic rings. The summed E-state index contributed by atoms with van der Waals surface area (Å²) in [6, 6.07) is 5.92. The van der Waals surface area contributed by atoms with Crippen LogP contribution in [0.1, 0.15) is 0 Å². The van der Waals surface area contributed by atoms with E-state index in [9.17, 15) is 0 Å². The summed E-state index contributed by atoms with van der Waals surface area (Å²) in [5, 5.41) is 4.36. The van der Waals surface area contributed by atoms with Crippen LogP contribution in [-0.4, -0.2) is 60.5 Å². The molecule has 0 saturated carbocycles. The molecule has 1 aromatic carbocycles. The highest BCUT2D eigenvalue weighted by atomic mass is 32.2. The average molecular weight is 292 g/mol. The fraction of sp³-hybridized carbons (Fsp3) is 0.500. The molecule has 1 saturated heterocycles. The molecule has 0 aliphatic carbocycles. The van der Waals surface area contributed by atoms with Crippen LogP contribution in [0.3, 0.4) is 0 Å². The molecule has 0 spiro atoms. The van der Waals surface area contributed by atoms with Crippen molar-refractivity contribution < 1.29 is 4.74 Å². The number of fused-ring (bicyclic) bond motifs is 1. The molecule has 1 aromatic heterocycles.